The summed E-state index contributed by atoms with van der Waals surface area (Å²) in [7, 11) is 4.73. The maximum Gasteiger partial charge on any atom is 0.290 e. The molecule has 0 unspecified atom stereocenters. The number of hydrogen-bond acceptors (Lipinski definition) is 6. The van der Waals surface area contributed by atoms with Crippen LogP contribution in [0, 0.1) is 6.92 Å². The zero-order chi connectivity index (χ0) is 18.1. The van der Waals surface area contributed by atoms with E-state index in [9.17, 15) is 9.90 Å². The summed E-state index contributed by atoms with van der Waals surface area (Å²) in [6.45, 7) is 2.38. The number of benzene rings is 1. The largest absolute Gasteiger partial charge is 0.497 e. The van der Waals surface area contributed by atoms with Gasteiger partial charge in [0, 0.05) is 25.1 Å². The third kappa shape index (κ3) is 3.10. The number of carbonyl (C=O) groups is 1. The van der Waals surface area contributed by atoms with Gasteiger partial charge in [-0.2, -0.15) is 0 Å². The van der Waals surface area contributed by atoms with Gasteiger partial charge in [0.25, 0.3) is 5.91 Å². The van der Waals surface area contributed by atoms with E-state index in [1.54, 1.807) is 26.3 Å². The Morgan fingerprint density at radius 2 is 2.08 bits per heavy atom. The van der Waals surface area contributed by atoms with Crippen molar-refractivity contribution in [2.24, 2.45) is 0 Å². The highest BCUT2D eigenvalue weighted by atomic mass is 16.5. The summed E-state index contributed by atoms with van der Waals surface area (Å²) >= 11 is 0. The van der Waals surface area contributed by atoms with Gasteiger partial charge in [-0.3, -0.25) is 4.79 Å². The monoisotopic (exact) mass is 349 g/mol. The highest BCUT2D eigenvalue weighted by Crippen LogP contribution is 2.30. The van der Waals surface area contributed by atoms with Crippen molar-refractivity contribution in [2.75, 3.05) is 34.5 Å². The lowest BCUT2D eigenvalue weighted by molar-refractivity contribution is -0.135. The average Bonchev–Trinajstić information content (AvgIpc) is 2.96. The Labute approximate surface area is 146 Å². The summed E-state index contributed by atoms with van der Waals surface area (Å²) in [4.78, 5) is 14.4. The minimum Gasteiger partial charge on any atom is -0.497 e. The molecular weight excluding hydrogens is 326 g/mol. The predicted molar refractivity (Wildman–Crippen MR) is 91.0 cm³/mol. The Morgan fingerprint density at radius 1 is 1.32 bits per heavy atom. The maximum atomic E-state index is 12.9. The molecule has 1 aromatic heterocycles. The highest BCUT2D eigenvalue weighted by molar-refractivity contribution is 5.99. The third-order valence-corrected chi connectivity index (χ3v) is 4.80. The van der Waals surface area contributed by atoms with E-state index in [0.29, 0.717) is 17.9 Å². The van der Waals surface area contributed by atoms with Gasteiger partial charge >= 0.3 is 0 Å². The molecule has 0 aliphatic carbocycles. The van der Waals surface area contributed by atoms with E-state index >= 15 is 0 Å². The standard InChI is InChI=1S/C18H23NO6/c1-10-12-7-11(22-3)5-6-14(12)25-17(10)18(21)19(2)13-8-24-9-15(23-4)16(13)20/h5-7,13,15-16,20H,8-9H2,1-4H3/t13-,15-,16+/m1/s1. The number of amides is 1. The Hall–Kier alpha value is -2.09. The van der Waals surface area contributed by atoms with Gasteiger partial charge in [0.2, 0.25) is 0 Å². The van der Waals surface area contributed by atoms with E-state index in [2.05, 4.69) is 0 Å². The molecule has 1 aromatic carbocycles. The van der Waals surface area contributed by atoms with Crippen molar-refractivity contribution >= 4 is 16.9 Å². The van der Waals surface area contributed by atoms with E-state index in [1.165, 1.54) is 12.0 Å². The minimum absolute atomic E-state index is 0.246. The first-order valence-electron chi connectivity index (χ1n) is 8.10. The summed E-state index contributed by atoms with van der Waals surface area (Å²) in [6.07, 6.45) is -1.28. The van der Waals surface area contributed by atoms with Crippen LogP contribution in [-0.2, 0) is 9.47 Å². The molecule has 1 aliphatic rings. The topological polar surface area (TPSA) is 81.4 Å². The van der Waals surface area contributed by atoms with Crippen LogP contribution in [0.4, 0.5) is 0 Å². The van der Waals surface area contributed by atoms with Crippen LogP contribution in [0.15, 0.2) is 22.6 Å². The number of ether oxygens (including phenoxy) is 3. The maximum absolute atomic E-state index is 12.9. The first-order chi connectivity index (χ1) is 12.0. The van der Waals surface area contributed by atoms with Gasteiger partial charge in [0.15, 0.2) is 5.76 Å². The Kier molecular flexibility index (Phi) is 4.99. The number of furan rings is 1. The number of aliphatic hydroxyl groups is 1. The minimum atomic E-state index is -0.822. The van der Waals surface area contributed by atoms with Crippen LogP contribution in [0.5, 0.6) is 5.75 Å². The fourth-order valence-electron chi connectivity index (χ4n) is 3.14. The number of carbonyl (C=O) groups excluding carboxylic acids is 1. The van der Waals surface area contributed by atoms with E-state index in [1.807, 2.05) is 13.0 Å². The van der Waals surface area contributed by atoms with Gasteiger partial charge in [-0.1, -0.05) is 0 Å². The third-order valence-electron chi connectivity index (χ3n) is 4.80. The van der Waals surface area contributed by atoms with Crippen LogP contribution in [-0.4, -0.2) is 68.6 Å². The zero-order valence-corrected chi connectivity index (χ0v) is 14.8. The summed E-state index contributed by atoms with van der Waals surface area (Å²) in [5.41, 5.74) is 1.35. The first-order valence-corrected chi connectivity index (χ1v) is 8.10. The quantitative estimate of drug-likeness (QED) is 0.903. The van der Waals surface area contributed by atoms with E-state index in [4.69, 9.17) is 18.6 Å². The Bertz CT molecular complexity index is 770. The average molecular weight is 349 g/mol. The van der Waals surface area contributed by atoms with Gasteiger partial charge in [0.1, 0.15) is 23.5 Å². The molecule has 0 bridgehead atoms. The molecule has 1 fully saturated rings. The Morgan fingerprint density at radius 3 is 2.76 bits per heavy atom. The summed E-state index contributed by atoms with van der Waals surface area (Å²) in [5.74, 6) is 0.636. The lowest BCUT2D eigenvalue weighted by atomic mass is 10.0. The predicted octanol–water partition coefficient (Wildman–Crippen LogP) is 1.60. The zero-order valence-electron chi connectivity index (χ0n) is 14.8. The lowest BCUT2D eigenvalue weighted by Crippen LogP contribution is -2.56. The number of aliphatic hydroxyl groups excluding tert-OH is 1. The van der Waals surface area contributed by atoms with Gasteiger partial charge in [-0.05, 0) is 25.1 Å². The molecular formula is C18H23NO6. The molecule has 0 radical (unpaired) electrons. The summed E-state index contributed by atoms with van der Waals surface area (Å²) < 4.78 is 21.7. The van der Waals surface area contributed by atoms with Crippen molar-refractivity contribution < 1.29 is 28.5 Å². The van der Waals surface area contributed by atoms with Gasteiger partial charge < -0.3 is 28.6 Å². The second-order valence-electron chi connectivity index (χ2n) is 6.20. The summed E-state index contributed by atoms with van der Waals surface area (Å²) in [5, 5.41) is 11.3. The molecule has 2 aromatic rings. The van der Waals surface area contributed by atoms with Crippen LogP contribution >= 0.6 is 0 Å². The van der Waals surface area contributed by atoms with E-state index < -0.39 is 18.2 Å². The molecule has 0 spiro atoms. The van der Waals surface area contributed by atoms with Gasteiger partial charge in [0.05, 0.1) is 26.4 Å². The van der Waals surface area contributed by atoms with Crippen LogP contribution < -0.4 is 4.74 Å². The molecule has 2 heterocycles. The molecule has 1 saturated heterocycles. The number of hydrogen-bond donors (Lipinski definition) is 1. The van der Waals surface area contributed by atoms with Crippen LogP contribution in [0.3, 0.4) is 0 Å². The number of methoxy groups -OCH3 is 2. The van der Waals surface area contributed by atoms with E-state index in [-0.39, 0.29) is 18.3 Å². The van der Waals surface area contributed by atoms with E-state index in [0.717, 1.165) is 10.9 Å². The first kappa shape index (κ1) is 17.7. The molecule has 7 heteroatoms. The van der Waals surface area contributed by atoms with Crippen molar-refractivity contribution in [1.82, 2.24) is 4.90 Å². The number of fused-ring (bicyclic) bond motifs is 1. The van der Waals surface area contributed by atoms with Crippen LogP contribution in [0.2, 0.25) is 0 Å². The van der Waals surface area contributed by atoms with Crippen LogP contribution in [0.25, 0.3) is 11.0 Å². The van der Waals surface area contributed by atoms with Crippen molar-refractivity contribution in [3.05, 3.63) is 29.5 Å². The molecule has 25 heavy (non-hydrogen) atoms. The molecule has 136 valence electrons. The number of likely N-dealkylation sites (N-methyl/N-ethyl adjacent to an activating group) is 1. The second-order valence-corrected chi connectivity index (χ2v) is 6.20. The Balaban J connectivity index is 1.89. The number of aryl methyl sites for hydroxylation is 1. The number of nitrogens with zero attached hydrogens (tertiary/aromatic N) is 1. The van der Waals surface area contributed by atoms with Crippen LogP contribution in [0.1, 0.15) is 16.1 Å². The van der Waals surface area contributed by atoms with Crippen molar-refractivity contribution in [3.63, 3.8) is 0 Å². The normalized spacial score (nSPS) is 23.6. The number of rotatable bonds is 4. The lowest BCUT2D eigenvalue weighted by Gasteiger charge is -2.38. The molecule has 3 atom stereocenters. The van der Waals surface area contributed by atoms with Crippen molar-refractivity contribution in [1.29, 1.82) is 0 Å². The molecule has 1 amide bonds. The SMILES string of the molecule is COc1ccc2oc(C(=O)N(C)[C@@H]3COC[C@@H](OC)[C@H]3O)c(C)c2c1. The molecule has 7 nitrogen and oxygen atoms in total. The summed E-state index contributed by atoms with van der Waals surface area (Å²) in [6, 6.07) is 4.89. The molecule has 1 N–H and O–H groups in total. The van der Waals surface area contributed by atoms with Crippen molar-refractivity contribution in [2.45, 2.75) is 25.2 Å². The van der Waals surface area contributed by atoms with Crippen molar-refractivity contribution in [3.8, 4) is 5.75 Å². The molecule has 3 rings (SSSR count). The smallest absolute Gasteiger partial charge is 0.290 e. The fraction of sp³-hybridized carbons (Fsp3) is 0.500. The fourth-order valence-corrected chi connectivity index (χ4v) is 3.14. The van der Waals surface area contributed by atoms with Gasteiger partial charge in [-0.15, -0.1) is 0 Å². The molecule has 1 aliphatic heterocycles. The molecule has 0 saturated carbocycles. The highest BCUT2D eigenvalue weighted by Gasteiger charge is 2.38. The van der Waals surface area contributed by atoms with Gasteiger partial charge in [-0.25, -0.2) is 0 Å². The second kappa shape index (κ2) is 7.03.